The van der Waals surface area contributed by atoms with Gasteiger partial charge in [-0.15, -0.1) is 0 Å². The Bertz CT molecular complexity index is 475. The summed E-state index contributed by atoms with van der Waals surface area (Å²) in [7, 11) is 0. The number of esters is 1. The molecular formula is C12H13NO6. The number of nitrogens with zero attached hydrogens (tertiary/aromatic N) is 1. The fraction of sp³-hybridized carbons (Fsp3) is 0.417. The number of carbonyl (C=O) groups excluding carboxylic acids is 1. The molecule has 3 atom stereocenters. The molecule has 19 heavy (non-hydrogen) atoms. The molecule has 0 aromatic heterocycles. The van der Waals surface area contributed by atoms with Gasteiger partial charge in [-0.25, -0.2) is 4.79 Å². The molecule has 7 heteroatoms. The number of nitro groups is 1. The number of hydrogen-bond acceptors (Lipinski definition) is 6. The summed E-state index contributed by atoms with van der Waals surface area (Å²) in [5.41, 5.74) is 0.0877. The van der Waals surface area contributed by atoms with Gasteiger partial charge in [-0.05, 0) is 12.1 Å². The van der Waals surface area contributed by atoms with Gasteiger partial charge in [-0.1, -0.05) is 0 Å². The van der Waals surface area contributed by atoms with Crippen LogP contribution in [0, 0.1) is 10.1 Å². The molecule has 7 nitrogen and oxygen atoms in total. The van der Waals surface area contributed by atoms with Gasteiger partial charge in [-0.3, -0.25) is 10.1 Å². The smallest absolute Gasteiger partial charge is 0.338 e. The fourth-order valence-electron chi connectivity index (χ4n) is 1.98. The van der Waals surface area contributed by atoms with Gasteiger partial charge in [0.15, 0.2) is 0 Å². The van der Waals surface area contributed by atoms with E-state index in [0.717, 1.165) is 0 Å². The predicted octanol–water partition coefficient (Wildman–Crippen LogP) is 0.636. The maximum Gasteiger partial charge on any atom is 0.338 e. The van der Waals surface area contributed by atoms with Crippen molar-refractivity contribution in [1.29, 1.82) is 0 Å². The van der Waals surface area contributed by atoms with Gasteiger partial charge in [0.05, 0.1) is 22.7 Å². The van der Waals surface area contributed by atoms with Crippen molar-refractivity contribution in [3.8, 4) is 0 Å². The van der Waals surface area contributed by atoms with Crippen LogP contribution in [0.25, 0.3) is 0 Å². The third-order valence-corrected chi connectivity index (χ3v) is 3.04. The van der Waals surface area contributed by atoms with E-state index in [0.29, 0.717) is 0 Å². The second kappa shape index (κ2) is 5.33. The van der Waals surface area contributed by atoms with Crippen LogP contribution in [-0.4, -0.2) is 39.4 Å². The van der Waals surface area contributed by atoms with E-state index in [2.05, 4.69) is 0 Å². The monoisotopic (exact) mass is 267 g/mol. The lowest BCUT2D eigenvalue weighted by Crippen LogP contribution is -2.17. The molecule has 1 aliphatic rings. The predicted molar refractivity (Wildman–Crippen MR) is 63.5 cm³/mol. The molecule has 0 aliphatic heterocycles. The molecule has 0 bridgehead atoms. The summed E-state index contributed by atoms with van der Waals surface area (Å²) in [6.07, 6.45) is -1.91. The number of carbonyl (C=O) groups is 1. The average Bonchev–Trinajstić information content (AvgIpc) is 2.68. The van der Waals surface area contributed by atoms with Crippen LogP contribution in [0.3, 0.4) is 0 Å². The number of aliphatic hydroxyl groups is 2. The van der Waals surface area contributed by atoms with Crippen LogP contribution in [-0.2, 0) is 4.74 Å². The molecule has 0 amide bonds. The molecule has 1 saturated carbocycles. The third-order valence-electron chi connectivity index (χ3n) is 3.04. The molecule has 0 saturated heterocycles. The first-order valence-corrected chi connectivity index (χ1v) is 5.79. The van der Waals surface area contributed by atoms with Crippen molar-refractivity contribution in [1.82, 2.24) is 0 Å². The Balaban J connectivity index is 1.98. The maximum atomic E-state index is 11.7. The molecule has 1 aromatic rings. The molecule has 2 rings (SSSR count). The highest BCUT2D eigenvalue weighted by Gasteiger charge is 2.34. The lowest BCUT2D eigenvalue weighted by Gasteiger charge is -2.11. The maximum absolute atomic E-state index is 11.7. The number of ether oxygens (including phenoxy) is 1. The fourth-order valence-corrected chi connectivity index (χ4v) is 1.98. The summed E-state index contributed by atoms with van der Waals surface area (Å²) in [5.74, 6) is -0.624. The number of benzene rings is 1. The van der Waals surface area contributed by atoms with E-state index in [1.807, 2.05) is 0 Å². The van der Waals surface area contributed by atoms with Crippen molar-refractivity contribution in [2.75, 3.05) is 0 Å². The largest absolute Gasteiger partial charge is 0.459 e. The first-order valence-electron chi connectivity index (χ1n) is 5.79. The van der Waals surface area contributed by atoms with Crippen LogP contribution < -0.4 is 0 Å². The van der Waals surface area contributed by atoms with Crippen LogP contribution in [0.15, 0.2) is 24.3 Å². The Hall–Kier alpha value is -1.99. The van der Waals surface area contributed by atoms with Crippen LogP contribution in [0.5, 0.6) is 0 Å². The quantitative estimate of drug-likeness (QED) is 0.472. The third kappa shape index (κ3) is 3.07. The summed E-state index contributed by atoms with van der Waals surface area (Å²) in [6.45, 7) is 0. The average molecular weight is 267 g/mol. The first kappa shape index (κ1) is 13.4. The van der Waals surface area contributed by atoms with Crippen molar-refractivity contribution >= 4 is 11.7 Å². The van der Waals surface area contributed by atoms with E-state index < -0.39 is 29.2 Å². The van der Waals surface area contributed by atoms with Crippen LogP contribution >= 0.6 is 0 Å². The summed E-state index contributed by atoms with van der Waals surface area (Å²) >= 11 is 0. The lowest BCUT2D eigenvalue weighted by molar-refractivity contribution is -0.384. The molecule has 0 spiro atoms. The molecule has 0 unspecified atom stereocenters. The zero-order chi connectivity index (χ0) is 14.0. The summed E-state index contributed by atoms with van der Waals surface area (Å²) in [4.78, 5) is 21.6. The van der Waals surface area contributed by atoms with Crippen LogP contribution in [0.2, 0.25) is 0 Å². The van der Waals surface area contributed by atoms with Gasteiger partial charge in [-0.2, -0.15) is 0 Å². The van der Waals surface area contributed by atoms with Gasteiger partial charge in [0.25, 0.3) is 5.69 Å². The Morgan fingerprint density at radius 1 is 1.21 bits per heavy atom. The SMILES string of the molecule is O=C(O[C@H]1C[C@@H](O)[C@@H](O)C1)c1ccc([N+](=O)[O-])cc1. The van der Waals surface area contributed by atoms with Crippen molar-refractivity contribution in [2.45, 2.75) is 31.2 Å². The highest BCUT2D eigenvalue weighted by molar-refractivity contribution is 5.89. The topological polar surface area (TPSA) is 110 Å². The van der Waals surface area contributed by atoms with E-state index in [1.54, 1.807) is 0 Å². The Morgan fingerprint density at radius 3 is 2.21 bits per heavy atom. The van der Waals surface area contributed by atoms with E-state index in [1.165, 1.54) is 24.3 Å². The summed E-state index contributed by atoms with van der Waals surface area (Å²) < 4.78 is 5.11. The molecule has 102 valence electrons. The molecule has 1 aromatic carbocycles. The van der Waals surface area contributed by atoms with Gasteiger partial charge >= 0.3 is 5.97 Å². The highest BCUT2D eigenvalue weighted by Crippen LogP contribution is 2.24. The van der Waals surface area contributed by atoms with Gasteiger partial charge in [0, 0.05) is 25.0 Å². The van der Waals surface area contributed by atoms with Crippen LogP contribution in [0.1, 0.15) is 23.2 Å². The van der Waals surface area contributed by atoms with E-state index >= 15 is 0 Å². The second-order valence-corrected chi connectivity index (χ2v) is 4.44. The molecule has 0 radical (unpaired) electrons. The van der Waals surface area contributed by atoms with Crippen molar-refractivity contribution < 1.29 is 24.7 Å². The van der Waals surface area contributed by atoms with Gasteiger partial charge in [0.2, 0.25) is 0 Å². The zero-order valence-electron chi connectivity index (χ0n) is 9.93. The number of aliphatic hydroxyl groups excluding tert-OH is 2. The normalized spacial score (nSPS) is 26.1. The molecule has 1 fully saturated rings. The van der Waals surface area contributed by atoms with E-state index in [9.17, 15) is 25.1 Å². The molecular weight excluding hydrogens is 254 g/mol. The summed E-state index contributed by atoms with van der Waals surface area (Å²) in [5, 5.41) is 29.1. The minimum absolute atomic E-state index is 0.108. The van der Waals surface area contributed by atoms with Gasteiger partial charge < -0.3 is 14.9 Å². The van der Waals surface area contributed by atoms with Crippen molar-refractivity contribution in [2.24, 2.45) is 0 Å². The van der Waals surface area contributed by atoms with Gasteiger partial charge in [0.1, 0.15) is 6.10 Å². The minimum Gasteiger partial charge on any atom is -0.459 e. The van der Waals surface area contributed by atoms with Crippen molar-refractivity contribution in [3.63, 3.8) is 0 Å². The Labute approximate surface area is 108 Å². The number of hydrogen-bond donors (Lipinski definition) is 2. The molecule has 0 heterocycles. The zero-order valence-corrected chi connectivity index (χ0v) is 9.93. The standard InChI is InChI=1S/C12H13NO6/c14-10-5-9(6-11(10)15)19-12(16)7-1-3-8(4-2-7)13(17)18/h1-4,9-11,14-15H,5-6H2/t9-,10+,11-. The Morgan fingerprint density at radius 2 is 1.74 bits per heavy atom. The lowest BCUT2D eigenvalue weighted by atomic mass is 10.2. The first-order chi connectivity index (χ1) is 8.97. The number of nitro benzene ring substituents is 1. The molecule has 2 N–H and O–H groups in total. The van der Waals surface area contributed by atoms with Crippen molar-refractivity contribution in [3.05, 3.63) is 39.9 Å². The second-order valence-electron chi connectivity index (χ2n) is 4.44. The Kier molecular flexibility index (Phi) is 3.77. The molecule has 1 aliphatic carbocycles. The number of rotatable bonds is 3. The summed E-state index contributed by atoms with van der Waals surface area (Å²) in [6, 6.07) is 5.05. The minimum atomic E-state index is -0.880. The highest BCUT2D eigenvalue weighted by atomic mass is 16.6. The van der Waals surface area contributed by atoms with E-state index in [4.69, 9.17) is 4.74 Å². The number of non-ortho nitro benzene ring substituents is 1. The van der Waals surface area contributed by atoms with E-state index in [-0.39, 0.29) is 24.1 Å². The van der Waals surface area contributed by atoms with Crippen LogP contribution in [0.4, 0.5) is 5.69 Å².